The maximum absolute atomic E-state index is 13.8. The van der Waals surface area contributed by atoms with Gasteiger partial charge < -0.3 is 10.2 Å². The van der Waals surface area contributed by atoms with Crippen LogP contribution in [0.3, 0.4) is 0 Å². The van der Waals surface area contributed by atoms with Gasteiger partial charge in [-0.1, -0.05) is 19.1 Å². The van der Waals surface area contributed by atoms with Gasteiger partial charge in [0.15, 0.2) is 5.65 Å². The number of hydrogen-bond donors (Lipinski definition) is 1. The van der Waals surface area contributed by atoms with Crippen LogP contribution in [0.15, 0.2) is 42.9 Å². The Morgan fingerprint density at radius 1 is 1.23 bits per heavy atom. The van der Waals surface area contributed by atoms with Crippen LogP contribution in [0.1, 0.15) is 19.8 Å². The second kappa shape index (κ2) is 9.21. The van der Waals surface area contributed by atoms with Crippen molar-refractivity contribution < 1.29 is 9.18 Å². The summed E-state index contributed by atoms with van der Waals surface area (Å²) in [5.74, 6) is 0.575. The standard InChI is InChI=1S/C22H27FN6O/c1-2-9-27-11-13-28(14-12-27)20(30)6-7-25-22-21(17-4-3-5-18(23)15-17)26-19-16-24-8-10-29(19)22/h3-5,8,10,15-16,25H,2,6-7,9,11-14H2,1H3. The van der Waals surface area contributed by atoms with Gasteiger partial charge in [-0.05, 0) is 25.1 Å². The van der Waals surface area contributed by atoms with Crippen molar-refractivity contribution >= 4 is 17.4 Å². The first-order chi connectivity index (χ1) is 14.7. The molecule has 1 aliphatic heterocycles. The minimum atomic E-state index is -0.314. The number of aromatic nitrogens is 3. The van der Waals surface area contributed by atoms with Crippen LogP contribution in [0.4, 0.5) is 10.2 Å². The first-order valence-electron chi connectivity index (χ1n) is 10.5. The number of carbonyl (C=O) groups excluding carboxylic acids is 1. The summed E-state index contributed by atoms with van der Waals surface area (Å²) < 4.78 is 15.6. The van der Waals surface area contributed by atoms with Crippen LogP contribution in [0.25, 0.3) is 16.9 Å². The van der Waals surface area contributed by atoms with Gasteiger partial charge in [0.2, 0.25) is 5.91 Å². The highest BCUT2D eigenvalue weighted by Crippen LogP contribution is 2.28. The van der Waals surface area contributed by atoms with E-state index in [2.05, 4.69) is 27.1 Å². The summed E-state index contributed by atoms with van der Waals surface area (Å²) in [7, 11) is 0. The Kier molecular flexibility index (Phi) is 6.23. The van der Waals surface area contributed by atoms with Gasteiger partial charge in [-0.15, -0.1) is 0 Å². The number of imidazole rings is 1. The van der Waals surface area contributed by atoms with Crippen molar-refractivity contribution in [3.63, 3.8) is 0 Å². The van der Waals surface area contributed by atoms with Crippen LogP contribution in [0.5, 0.6) is 0 Å². The summed E-state index contributed by atoms with van der Waals surface area (Å²) in [4.78, 5) is 25.7. The Hall–Kier alpha value is -3.00. The van der Waals surface area contributed by atoms with Gasteiger partial charge in [0, 0.05) is 57.1 Å². The monoisotopic (exact) mass is 410 g/mol. The smallest absolute Gasteiger partial charge is 0.224 e. The van der Waals surface area contributed by atoms with Crippen LogP contribution in [0.2, 0.25) is 0 Å². The van der Waals surface area contributed by atoms with Gasteiger partial charge in [0.05, 0.1) is 6.20 Å². The molecule has 1 aromatic carbocycles. The van der Waals surface area contributed by atoms with Gasteiger partial charge in [-0.25, -0.2) is 9.37 Å². The Morgan fingerprint density at radius 2 is 2.07 bits per heavy atom. The summed E-state index contributed by atoms with van der Waals surface area (Å²) >= 11 is 0. The van der Waals surface area contributed by atoms with Crippen molar-refractivity contribution in [2.24, 2.45) is 0 Å². The van der Waals surface area contributed by atoms with Gasteiger partial charge in [0.1, 0.15) is 17.3 Å². The molecule has 0 unspecified atom stereocenters. The third-order valence-corrected chi connectivity index (χ3v) is 5.42. The normalized spacial score (nSPS) is 14.9. The zero-order valence-electron chi connectivity index (χ0n) is 17.2. The van der Waals surface area contributed by atoms with Crippen LogP contribution < -0.4 is 5.32 Å². The van der Waals surface area contributed by atoms with E-state index in [0.29, 0.717) is 29.9 Å². The van der Waals surface area contributed by atoms with E-state index in [4.69, 9.17) is 0 Å². The number of benzene rings is 1. The number of piperazine rings is 1. The molecule has 1 amide bonds. The van der Waals surface area contributed by atoms with Crippen LogP contribution in [0, 0.1) is 5.82 Å². The van der Waals surface area contributed by atoms with Crippen molar-refractivity contribution in [3.8, 4) is 11.3 Å². The molecule has 3 heterocycles. The zero-order valence-corrected chi connectivity index (χ0v) is 17.2. The molecule has 0 aliphatic carbocycles. The number of nitrogens with one attached hydrogen (secondary N) is 1. The molecule has 158 valence electrons. The fraction of sp³-hybridized carbons (Fsp3) is 0.409. The molecule has 3 aromatic rings. The Balaban J connectivity index is 1.44. The summed E-state index contributed by atoms with van der Waals surface area (Å²) in [6.07, 6.45) is 6.68. The lowest BCUT2D eigenvalue weighted by molar-refractivity contribution is -0.132. The van der Waals surface area contributed by atoms with Gasteiger partial charge in [-0.3, -0.25) is 19.1 Å². The SMILES string of the molecule is CCCN1CCN(C(=O)CCNc2c(-c3cccc(F)c3)nc3cnccn23)CC1. The third-order valence-electron chi connectivity index (χ3n) is 5.42. The minimum absolute atomic E-state index is 0.154. The maximum atomic E-state index is 13.8. The number of fused-ring (bicyclic) bond motifs is 1. The lowest BCUT2D eigenvalue weighted by Crippen LogP contribution is -2.49. The molecule has 0 radical (unpaired) electrons. The lowest BCUT2D eigenvalue weighted by Gasteiger charge is -2.34. The lowest BCUT2D eigenvalue weighted by atomic mass is 10.1. The Labute approximate surface area is 175 Å². The number of carbonyl (C=O) groups is 1. The molecule has 0 atom stereocenters. The predicted molar refractivity (Wildman–Crippen MR) is 115 cm³/mol. The van der Waals surface area contributed by atoms with Crippen molar-refractivity contribution in [1.29, 1.82) is 0 Å². The fourth-order valence-corrected chi connectivity index (χ4v) is 3.90. The average molecular weight is 410 g/mol. The molecule has 1 aliphatic rings. The molecule has 0 bridgehead atoms. The number of halogens is 1. The molecule has 0 spiro atoms. The molecular weight excluding hydrogens is 383 g/mol. The van der Waals surface area contributed by atoms with Gasteiger partial charge >= 0.3 is 0 Å². The molecule has 1 fully saturated rings. The van der Waals surface area contributed by atoms with Gasteiger partial charge in [-0.2, -0.15) is 0 Å². The molecule has 4 rings (SSSR count). The van der Waals surface area contributed by atoms with Crippen LogP contribution in [-0.2, 0) is 4.79 Å². The van der Waals surface area contributed by atoms with E-state index in [-0.39, 0.29) is 11.7 Å². The van der Waals surface area contributed by atoms with E-state index in [9.17, 15) is 9.18 Å². The van der Waals surface area contributed by atoms with E-state index in [0.717, 1.165) is 45.0 Å². The van der Waals surface area contributed by atoms with E-state index >= 15 is 0 Å². The molecular formula is C22H27FN6O. The topological polar surface area (TPSA) is 65.8 Å². The second-order valence-corrected chi connectivity index (χ2v) is 7.52. The highest BCUT2D eigenvalue weighted by Gasteiger charge is 2.21. The van der Waals surface area contributed by atoms with Crippen molar-refractivity contribution in [1.82, 2.24) is 24.2 Å². The van der Waals surface area contributed by atoms with Crippen LogP contribution >= 0.6 is 0 Å². The molecule has 2 aromatic heterocycles. The minimum Gasteiger partial charge on any atom is -0.369 e. The van der Waals surface area contributed by atoms with Crippen molar-refractivity contribution in [3.05, 3.63) is 48.7 Å². The summed E-state index contributed by atoms with van der Waals surface area (Å²) in [6, 6.07) is 6.36. The van der Waals surface area contributed by atoms with E-state index in [1.54, 1.807) is 18.5 Å². The van der Waals surface area contributed by atoms with Crippen molar-refractivity contribution in [2.75, 3.05) is 44.6 Å². The number of hydrogen-bond acceptors (Lipinski definition) is 5. The Morgan fingerprint density at radius 3 is 2.83 bits per heavy atom. The maximum Gasteiger partial charge on any atom is 0.224 e. The van der Waals surface area contributed by atoms with Gasteiger partial charge in [0.25, 0.3) is 0 Å². The molecule has 7 nitrogen and oxygen atoms in total. The zero-order chi connectivity index (χ0) is 20.9. The Bertz CT molecular complexity index is 1010. The van der Waals surface area contributed by atoms with Crippen LogP contribution in [-0.4, -0.2) is 69.3 Å². The number of anilines is 1. The number of amides is 1. The summed E-state index contributed by atoms with van der Waals surface area (Å²) in [5.41, 5.74) is 1.99. The fourth-order valence-electron chi connectivity index (χ4n) is 3.90. The molecule has 30 heavy (non-hydrogen) atoms. The van der Waals surface area contributed by atoms with Crippen molar-refractivity contribution in [2.45, 2.75) is 19.8 Å². The third kappa shape index (κ3) is 4.43. The average Bonchev–Trinajstić information content (AvgIpc) is 3.13. The first-order valence-corrected chi connectivity index (χ1v) is 10.5. The largest absolute Gasteiger partial charge is 0.369 e. The number of nitrogens with zero attached hydrogens (tertiary/aromatic N) is 5. The van der Waals surface area contributed by atoms with E-state index in [1.807, 2.05) is 21.6 Å². The molecule has 0 saturated carbocycles. The molecule has 1 N–H and O–H groups in total. The molecule has 8 heteroatoms. The summed E-state index contributed by atoms with van der Waals surface area (Å²) in [6.45, 7) is 7.21. The quantitative estimate of drug-likeness (QED) is 0.649. The second-order valence-electron chi connectivity index (χ2n) is 7.52. The van der Waals surface area contributed by atoms with E-state index < -0.39 is 0 Å². The molecule has 1 saturated heterocycles. The first kappa shape index (κ1) is 20.3. The highest BCUT2D eigenvalue weighted by atomic mass is 19.1. The number of rotatable bonds is 7. The summed E-state index contributed by atoms with van der Waals surface area (Å²) in [5, 5.41) is 3.35. The van der Waals surface area contributed by atoms with E-state index in [1.165, 1.54) is 12.1 Å². The highest BCUT2D eigenvalue weighted by molar-refractivity contribution is 5.79. The predicted octanol–water partition coefficient (Wildman–Crippen LogP) is 2.89.